The van der Waals surface area contributed by atoms with Crippen molar-refractivity contribution in [3.63, 3.8) is 0 Å². The minimum Gasteiger partial charge on any atom is -0.486 e. The number of fused-ring (bicyclic) bond motifs is 2. The summed E-state index contributed by atoms with van der Waals surface area (Å²) in [4.78, 5) is 24.2. The number of benzene rings is 3. The van der Waals surface area contributed by atoms with Gasteiger partial charge in [0.15, 0.2) is 11.5 Å². The van der Waals surface area contributed by atoms with E-state index in [4.69, 9.17) is 9.47 Å². The molecule has 1 aliphatic rings. The van der Waals surface area contributed by atoms with Crippen molar-refractivity contribution in [3.05, 3.63) is 66.2 Å². The molecule has 1 aliphatic heterocycles. The summed E-state index contributed by atoms with van der Waals surface area (Å²) in [6.07, 6.45) is 1.43. The Hall–Kier alpha value is -3.87. The van der Waals surface area contributed by atoms with Crippen LogP contribution in [0.2, 0.25) is 0 Å². The van der Waals surface area contributed by atoms with Crippen LogP contribution in [-0.2, 0) is 9.59 Å². The predicted octanol–water partition coefficient (Wildman–Crippen LogP) is 2.70. The van der Waals surface area contributed by atoms with Crippen molar-refractivity contribution < 1.29 is 19.1 Å². The highest BCUT2D eigenvalue weighted by Crippen LogP contribution is 2.30. The average molecular weight is 375 g/mol. The maximum atomic E-state index is 12.2. The lowest BCUT2D eigenvalue weighted by molar-refractivity contribution is -0.136. The van der Waals surface area contributed by atoms with Crippen LogP contribution in [0, 0.1) is 0 Å². The number of amides is 2. The molecule has 2 N–H and O–H groups in total. The summed E-state index contributed by atoms with van der Waals surface area (Å²) in [6.45, 7) is 1.00. The number of hydrazone groups is 1. The van der Waals surface area contributed by atoms with E-state index in [2.05, 4.69) is 15.8 Å². The van der Waals surface area contributed by atoms with Gasteiger partial charge in [0.25, 0.3) is 0 Å². The first-order valence-corrected chi connectivity index (χ1v) is 8.72. The molecule has 0 saturated carbocycles. The van der Waals surface area contributed by atoms with E-state index in [1.165, 1.54) is 6.21 Å². The highest BCUT2D eigenvalue weighted by Gasteiger charge is 2.14. The normalized spacial score (nSPS) is 12.7. The smallest absolute Gasteiger partial charge is 0.329 e. The van der Waals surface area contributed by atoms with E-state index in [1.54, 1.807) is 24.3 Å². The molecular formula is C21H17N3O4. The number of carbonyl (C=O) groups is 2. The van der Waals surface area contributed by atoms with Gasteiger partial charge >= 0.3 is 11.8 Å². The fraction of sp³-hybridized carbons (Fsp3) is 0.0952. The summed E-state index contributed by atoms with van der Waals surface area (Å²) in [5, 5.41) is 8.27. The van der Waals surface area contributed by atoms with E-state index in [0.29, 0.717) is 36.0 Å². The summed E-state index contributed by atoms with van der Waals surface area (Å²) < 4.78 is 10.9. The van der Waals surface area contributed by atoms with Gasteiger partial charge in [-0.25, -0.2) is 5.43 Å². The molecule has 140 valence electrons. The first-order chi connectivity index (χ1) is 13.7. The SMILES string of the molecule is O=C(NN=Cc1ccc2c(c1)OCCO2)C(=O)Nc1cccc2ccccc12. The molecule has 3 aromatic rings. The highest BCUT2D eigenvalue weighted by molar-refractivity contribution is 6.40. The standard InChI is InChI=1S/C21H17N3O4/c25-20(23-17-7-3-5-15-4-1-2-6-16(15)17)21(26)24-22-13-14-8-9-18-19(12-14)28-11-10-27-18/h1-9,12-13H,10-11H2,(H,23,25)(H,24,26). The van der Waals surface area contributed by atoms with Crippen LogP contribution in [-0.4, -0.2) is 31.2 Å². The first-order valence-electron chi connectivity index (χ1n) is 8.72. The second-order valence-electron chi connectivity index (χ2n) is 6.08. The van der Waals surface area contributed by atoms with Crippen LogP contribution in [0.3, 0.4) is 0 Å². The zero-order chi connectivity index (χ0) is 19.3. The predicted molar refractivity (Wildman–Crippen MR) is 106 cm³/mol. The molecule has 4 rings (SSSR count). The van der Waals surface area contributed by atoms with Crippen LogP contribution < -0.4 is 20.2 Å². The van der Waals surface area contributed by atoms with Crippen LogP contribution in [0.4, 0.5) is 5.69 Å². The van der Waals surface area contributed by atoms with Gasteiger partial charge in [-0.05, 0) is 35.2 Å². The zero-order valence-corrected chi connectivity index (χ0v) is 14.8. The molecule has 28 heavy (non-hydrogen) atoms. The van der Waals surface area contributed by atoms with Crippen LogP contribution in [0.15, 0.2) is 65.8 Å². The lowest BCUT2D eigenvalue weighted by Crippen LogP contribution is -2.32. The number of rotatable bonds is 3. The van der Waals surface area contributed by atoms with Gasteiger partial charge in [-0.15, -0.1) is 0 Å². The Labute approximate surface area is 161 Å². The molecule has 0 fully saturated rings. The van der Waals surface area contributed by atoms with E-state index in [1.807, 2.05) is 36.4 Å². The second kappa shape index (κ2) is 7.79. The lowest BCUT2D eigenvalue weighted by Gasteiger charge is -2.18. The number of anilines is 1. The van der Waals surface area contributed by atoms with E-state index in [-0.39, 0.29) is 0 Å². The van der Waals surface area contributed by atoms with Crippen molar-refractivity contribution in [2.75, 3.05) is 18.5 Å². The number of nitrogens with zero attached hydrogens (tertiary/aromatic N) is 1. The van der Waals surface area contributed by atoms with Gasteiger partial charge in [-0.3, -0.25) is 9.59 Å². The first kappa shape index (κ1) is 17.5. The molecule has 0 aromatic heterocycles. The fourth-order valence-corrected chi connectivity index (χ4v) is 2.87. The zero-order valence-electron chi connectivity index (χ0n) is 14.8. The van der Waals surface area contributed by atoms with E-state index < -0.39 is 11.8 Å². The number of carbonyl (C=O) groups excluding carboxylic acids is 2. The minimum atomic E-state index is -0.860. The molecule has 0 atom stereocenters. The van der Waals surface area contributed by atoms with Gasteiger partial charge < -0.3 is 14.8 Å². The Kier molecular flexibility index (Phi) is 4.88. The summed E-state index contributed by atoms with van der Waals surface area (Å²) >= 11 is 0. The fourth-order valence-electron chi connectivity index (χ4n) is 2.87. The quantitative estimate of drug-likeness (QED) is 0.418. The summed E-state index contributed by atoms with van der Waals surface area (Å²) in [6, 6.07) is 18.4. The Morgan fingerprint density at radius 3 is 2.57 bits per heavy atom. The lowest BCUT2D eigenvalue weighted by atomic mass is 10.1. The van der Waals surface area contributed by atoms with Crippen LogP contribution in [0.5, 0.6) is 11.5 Å². The highest BCUT2D eigenvalue weighted by atomic mass is 16.6. The van der Waals surface area contributed by atoms with Gasteiger partial charge in [0.05, 0.1) is 6.21 Å². The van der Waals surface area contributed by atoms with Crippen molar-refractivity contribution in [2.45, 2.75) is 0 Å². The van der Waals surface area contributed by atoms with Crippen molar-refractivity contribution in [1.29, 1.82) is 0 Å². The largest absolute Gasteiger partial charge is 0.486 e. The van der Waals surface area contributed by atoms with Gasteiger partial charge in [0, 0.05) is 11.1 Å². The maximum Gasteiger partial charge on any atom is 0.329 e. The van der Waals surface area contributed by atoms with E-state index in [9.17, 15) is 9.59 Å². The van der Waals surface area contributed by atoms with Gasteiger partial charge in [0.2, 0.25) is 0 Å². The molecule has 0 unspecified atom stereocenters. The van der Waals surface area contributed by atoms with E-state index >= 15 is 0 Å². The summed E-state index contributed by atoms with van der Waals surface area (Å²) in [5.74, 6) is -0.366. The maximum absolute atomic E-state index is 12.2. The third-order valence-electron chi connectivity index (χ3n) is 4.19. The Morgan fingerprint density at radius 2 is 1.68 bits per heavy atom. The van der Waals surface area contributed by atoms with Crippen molar-refractivity contribution in [3.8, 4) is 11.5 Å². The van der Waals surface area contributed by atoms with Crippen LogP contribution in [0.1, 0.15) is 5.56 Å². The third-order valence-corrected chi connectivity index (χ3v) is 4.19. The molecule has 7 heteroatoms. The van der Waals surface area contributed by atoms with Gasteiger partial charge in [-0.1, -0.05) is 36.4 Å². The second-order valence-corrected chi connectivity index (χ2v) is 6.08. The molecule has 0 radical (unpaired) electrons. The number of nitrogens with one attached hydrogen (secondary N) is 2. The molecule has 0 bridgehead atoms. The summed E-state index contributed by atoms with van der Waals surface area (Å²) in [5.41, 5.74) is 3.50. The Morgan fingerprint density at radius 1 is 0.893 bits per heavy atom. The summed E-state index contributed by atoms with van der Waals surface area (Å²) in [7, 11) is 0. The van der Waals surface area contributed by atoms with Crippen LogP contribution >= 0.6 is 0 Å². The molecule has 0 spiro atoms. The van der Waals surface area contributed by atoms with Gasteiger partial charge in [-0.2, -0.15) is 5.10 Å². The molecular weight excluding hydrogens is 358 g/mol. The van der Waals surface area contributed by atoms with Crippen molar-refractivity contribution >= 4 is 34.5 Å². The number of hydrogen-bond donors (Lipinski definition) is 2. The minimum absolute atomic E-state index is 0.485. The van der Waals surface area contributed by atoms with E-state index in [0.717, 1.165) is 10.8 Å². The topological polar surface area (TPSA) is 89.0 Å². The molecule has 0 saturated heterocycles. The van der Waals surface area contributed by atoms with Crippen molar-refractivity contribution in [1.82, 2.24) is 5.43 Å². The average Bonchev–Trinajstić information content (AvgIpc) is 2.74. The third kappa shape index (κ3) is 3.78. The van der Waals surface area contributed by atoms with Crippen LogP contribution in [0.25, 0.3) is 10.8 Å². The molecule has 2 amide bonds. The molecule has 1 heterocycles. The molecule has 3 aromatic carbocycles. The Bertz CT molecular complexity index is 1070. The number of hydrogen-bond acceptors (Lipinski definition) is 5. The monoisotopic (exact) mass is 375 g/mol. The molecule has 0 aliphatic carbocycles. The Balaban J connectivity index is 1.39. The number of ether oxygens (including phenoxy) is 2. The van der Waals surface area contributed by atoms with Gasteiger partial charge in [0.1, 0.15) is 13.2 Å². The molecule has 7 nitrogen and oxygen atoms in total. The van der Waals surface area contributed by atoms with Crippen molar-refractivity contribution in [2.24, 2.45) is 5.10 Å².